The summed E-state index contributed by atoms with van der Waals surface area (Å²) in [6.45, 7) is 7.07. The van der Waals surface area contributed by atoms with Crippen molar-refractivity contribution < 1.29 is 5.11 Å². The first kappa shape index (κ1) is 11.6. The van der Waals surface area contributed by atoms with Gasteiger partial charge >= 0.3 is 0 Å². The van der Waals surface area contributed by atoms with Crippen molar-refractivity contribution in [2.24, 2.45) is 5.92 Å². The Labute approximate surface area is 98.8 Å². The number of hydrogen-bond donors (Lipinski definition) is 1. The topological polar surface area (TPSA) is 20.2 Å². The summed E-state index contributed by atoms with van der Waals surface area (Å²) in [5, 5.41) is 10.4. The van der Waals surface area contributed by atoms with Crippen LogP contribution < -0.4 is 0 Å². The first-order valence-electron chi connectivity index (χ1n) is 5.92. The molecule has 1 aliphatic rings. The Bertz CT molecular complexity index is 403. The normalized spacial score (nSPS) is 24.2. The molecule has 0 radical (unpaired) electrons. The maximum absolute atomic E-state index is 10.4. The minimum Gasteiger partial charge on any atom is -0.388 e. The highest BCUT2D eigenvalue weighted by atomic mass is 28.3. The molecule has 0 heterocycles. The summed E-state index contributed by atoms with van der Waals surface area (Å²) in [4.78, 5) is 0. The molecule has 1 nitrogen and oxygen atoms in total. The van der Waals surface area contributed by atoms with Crippen LogP contribution in [0, 0.1) is 5.92 Å². The van der Waals surface area contributed by atoms with E-state index in [1.54, 1.807) is 0 Å². The van der Waals surface area contributed by atoms with E-state index in [0.29, 0.717) is 5.92 Å². The highest BCUT2D eigenvalue weighted by Gasteiger charge is 2.28. The molecule has 0 unspecified atom stereocenters. The van der Waals surface area contributed by atoms with Gasteiger partial charge in [-0.1, -0.05) is 56.1 Å². The maximum atomic E-state index is 10.4. The summed E-state index contributed by atoms with van der Waals surface area (Å²) in [6, 6.07) is 9.29. The Morgan fingerprint density at radius 3 is 2.56 bits per heavy atom. The summed E-state index contributed by atoms with van der Waals surface area (Å²) in [5.74, 6) is 0.307. The van der Waals surface area contributed by atoms with Gasteiger partial charge in [-0.25, -0.2) is 0 Å². The van der Waals surface area contributed by atoms with Gasteiger partial charge in [-0.2, -0.15) is 0 Å². The molecule has 0 saturated heterocycles. The maximum Gasteiger partial charge on any atom is 0.0855 e. The first-order chi connectivity index (χ1) is 7.47. The van der Waals surface area contributed by atoms with Gasteiger partial charge in [-0.15, -0.1) is 0 Å². The molecule has 0 aliphatic heterocycles. The second-order valence-corrected chi connectivity index (χ2v) is 11.4. The van der Waals surface area contributed by atoms with E-state index in [4.69, 9.17) is 0 Å². The molecular formula is C14H20OSi. The molecule has 2 heteroatoms. The second-order valence-electron chi connectivity index (χ2n) is 5.86. The number of benzene rings is 1. The van der Waals surface area contributed by atoms with Gasteiger partial charge in [0.2, 0.25) is 0 Å². The van der Waals surface area contributed by atoms with Crippen LogP contribution in [-0.2, 0) is 0 Å². The molecule has 16 heavy (non-hydrogen) atoms. The molecule has 1 N–H and O–H groups in total. The van der Waals surface area contributed by atoms with Crippen molar-refractivity contribution in [3.63, 3.8) is 0 Å². The van der Waals surface area contributed by atoms with Crippen molar-refractivity contribution in [3.8, 4) is 0 Å². The van der Waals surface area contributed by atoms with Crippen molar-refractivity contribution in [1.29, 1.82) is 0 Å². The van der Waals surface area contributed by atoms with E-state index in [2.05, 4.69) is 37.9 Å². The zero-order valence-electron chi connectivity index (χ0n) is 10.3. The standard InChI is InChI=1S/C14H20OSi/c1-16(2,3)10-12-9-8-11-6-4-5-7-13(11)14(12)15/h4-9,12,14-15H,10H2,1-3H3/t12-,14-/m1/s1. The minimum absolute atomic E-state index is 0.307. The van der Waals surface area contributed by atoms with Crippen LogP contribution in [0.1, 0.15) is 17.2 Å². The molecule has 2 rings (SSSR count). The molecule has 86 valence electrons. The zero-order valence-corrected chi connectivity index (χ0v) is 11.3. The molecule has 1 aromatic carbocycles. The monoisotopic (exact) mass is 232 g/mol. The fourth-order valence-electron chi connectivity index (χ4n) is 2.38. The van der Waals surface area contributed by atoms with Crippen LogP contribution >= 0.6 is 0 Å². The van der Waals surface area contributed by atoms with E-state index in [-0.39, 0.29) is 6.10 Å². The Balaban J connectivity index is 2.24. The Kier molecular flexibility index (Phi) is 3.04. The lowest BCUT2D eigenvalue weighted by atomic mass is 9.88. The van der Waals surface area contributed by atoms with Crippen molar-refractivity contribution in [1.82, 2.24) is 0 Å². The van der Waals surface area contributed by atoms with Gasteiger partial charge in [-0.3, -0.25) is 0 Å². The smallest absolute Gasteiger partial charge is 0.0855 e. The number of fused-ring (bicyclic) bond motifs is 1. The van der Waals surface area contributed by atoms with E-state index >= 15 is 0 Å². The Hall–Kier alpha value is -0.863. The van der Waals surface area contributed by atoms with Crippen LogP contribution in [0.3, 0.4) is 0 Å². The van der Waals surface area contributed by atoms with Crippen molar-refractivity contribution in [3.05, 3.63) is 41.5 Å². The molecule has 0 amide bonds. The van der Waals surface area contributed by atoms with Crippen molar-refractivity contribution in [2.45, 2.75) is 31.8 Å². The summed E-state index contributed by atoms with van der Waals surface area (Å²) >= 11 is 0. The molecule has 0 saturated carbocycles. The summed E-state index contributed by atoms with van der Waals surface area (Å²) < 4.78 is 0. The third-order valence-corrected chi connectivity index (χ3v) is 4.79. The quantitative estimate of drug-likeness (QED) is 0.771. The predicted octanol–water partition coefficient (Wildman–Crippen LogP) is 3.70. The lowest BCUT2D eigenvalue weighted by Gasteiger charge is -2.30. The lowest BCUT2D eigenvalue weighted by Crippen LogP contribution is -2.27. The highest BCUT2D eigenvalue weighted by molar-refractivity contribution is 6.76. The van der Waals surface area contributed by atoms with Crippen molar-refractivity contribution in [2.75, 3.05) is 0 Å². The molecular weight excluding hydrogens is 212 g/mol. The number of hydrogen-bond acceptors (Lipinski definition) is 1. The van der Waals surface area contributed by atoms with E-state index in [1.807, 2.05) is 18.2 Å². The van der Waals surface area contributed by atoms with E-state index in [9.17, 15) is 5.11 Å². The van der Waals surface area contributed by atoms with Crippen LogP contribution in [0.2, 0.25) is 25.7 Å². The predicted molar refractivity (Wildman–Crippen MR) is 72.1 cm³/mol. The van der Waals surface area contributed by atoms with Crippen LogP contribution in [0.4, 0.5) is 0 Å². The second kappa shape index (κ2) is 4.19. The molecule has 2 atom stereocenters. The highest BCUT2D eigenvalue weighted by Crippen LogP contribution is 2.36. The fraction of sp³-hybridized carbons (Fsp3) is 0.429. The molecule has 1 aromatic rings. The summed E-state index contributed by atoms with van der Waals surface area (Å²) in [6.07, 6.45) is 4.03. The van der Waals surface area contributed by atoms with Gasteiger partial charge in [0.25, 0.3) is 0 Å². The molecule has 0 spiro atoms. The molecule has 0 bridgehead atoms. The average Bonchev–Trinajstić information content (AvgIpc) is 2.21. The number of aliphatic hydroxyl groups excluding tert-OH is 1. The van der Waals surface area contributed by atoms with E-state index < -0.39 is 8.07 Å². The van der Waals surface area contributed by atoms with Gasteiger partial charge in [-0.05, 0) is 17.2 Å². The minimum atomic E-state index is -1.12. The first-order valence-corrected chi connectivity index (χ1v) is 9.63. The molecule has 1 aliphatic carbocycles. The number of rotatable bonds is 2. The number of aliphatic hydroxyl groups is 1. The van der Waals surface area contributed by atoms with E-state index in [0.717, 1.165) is 11.6 Å². The summed E-state index contributed by atoms with van der Waals surface area (Å²) in [5.41, 5.74) is 2.26. The third kappa shape index (κ3) is 2.44. The Morgan fingerprint density at radius 2 is 1.88 bits per heavy atom. The van der Waals surface area contributed by atoms with Crippen LogP contribution in [0.15, 0.2) is 30.3 Å². The molecule has 0 fully saturated rings. The molecule has 0 aromatic heterocycles. The van der Waals surface area contributed by atoms with Crippen LogP contribution in [0.25, 0.3) is 6.08 Å². The van der Waals surface area contributed by atoms with Gasteiger partial charge in [0.1, 0.15) is 0 Å². The summed E-state index contributed by atoms with van der Waals surface area (Å²) in [7, 11) is -1.12. The SMILES string of the molecule is C[Si](C)(C)C[C@H]1C=Cc2ccccc2[C@@H]1O. The van der Waals surface area contributed by atoms with Gasteiger partial charge < -0.3 is 5.11 Å². The Morgan fingerprint density at radius 1 is 1.19 bits per heavy atom. The zero-order chi connectivity index (χ0) is 11.8. The fourth-order valence-corrected chi connectivity index (χ4v) is 4.16. The van der Waals surface area contributed by atoms with Crippen LogP contribution in [0.5, 0.6) is 0 Å². The van der Waals surface area contributed by atoms with Gasteiger partial charge in [0.05, 0.1) is 6.10 Å². The average molecular weight is 232 g/mol. The van der Waals surface area contributed by atoms with Gasteiger partial charge in [0.15, 0.2) is 0 Å². The van der Waals surface area contributed by atoms with Crippen molar-refractivity contribution >= 4 is 14.1 Å². The van der Waals surface area contributed by atoms with Crippen LogP contribution in [-0.4, -0.2) is 13.2 Å². The van der Waals surface area contributed by atoms with Gasteiger partial charge in [0, 0.05) is 14.0 Å². The van der Waals surface area contributed by atoms with E-state index in [1.165, 1.54) is 5.56 Å². The lowest BCUT2D eigenvalue weighted by molar-refractivity contribution is 0.137. The largest absolute Gasteiger partial charge is 0.388 e. The third-order valence-electron chi connectivity index (χ3n) is 3.09.